The molecule has 1 amide bonds. The molecule has 5 rings (SSSR count). The van der Waals surface area contributed by atoms with Crippen molar-refractivity contribution in [3.63, 3.8) is 0 Å². The molecule has 168 valence electrons. The zero-order valence-corrected chi connectivity index (χ0v) is 19.2. The molecule has 6 nitrogen and oxygen atoms in total. The summed E-state index contributed by atoms with van der Waals surface area (Å²) in [5, 5.41) is 7.02. The van der Waals surface area contributed by atoms with Crippen molar-refractivity contribution in [2.75, 3.05) is 18.4 Å². The van der Waals surface area contributed by atoms with E-state index in [0.29, 0.717) is 13.1 Å². The number of anilines is 2. The van der Waals surface area contributed by atoms with Crippen LogP contribution in [0.15, 0.2) is 66.9 Å². The Morgan fingerprint density at radius 2 is 1.85 bits per heavy atom. The molecular weight excluding hydrogens is 412 g/mol. The third-order valence-corrected chi connectivity index (χ3v) is 5.80. The number of aromatic nitrogens is 2. The summed E-state index contributed by atoms with van der Waals surface area (Å²) in [5.41, 5.74) is 4.64. The van der Waals surface area contributed by atoms with Gasteiger partial charge in [0, 0.05) is 41.4 Å². The van der Waals surface area contributed by atoms with Crippen molar-refractivity contribution in [3.8, 4) is 0 Å². The lowest BCUT2D eigenvalue weighted by Gasteiger charge is -2.29. The first-order valence-corrected chi connectivity index (χ1v) is 11.3. The van der Waals surface area contributed by atoms with E-state index in [2.05, 4.69) is 69.9 Å². The summed E-state index contributed by atoms with van der Waals surface area (Å²) in [6.07, 6.45) is 4.40. The van der Waals surface area contributed by atoms with Crippen LogP contribution in [0.5, 0.6) is 0 Å². The Kier molecular flexibility index (Phi) is 5.29. The molecule has 1 aliphatic heterocycles. The van der Waals surface area contributed by atoms with Crippen LogP contribution in [-0.2, 0) is 4.74 Å². The Hall–Kier alpha value is -3.80. The fourth-order valence-electron chi connectivity index (χ4n) is 4.19. The van der Waals surface area contributed by atoms with Gasteiger partial charge >= 0.3 is 6.09 Å². The van der Waals surface area contributed by atoms with Crippen LogP contribution < -0.4 is 5.32 Å². The van der Waals surface area contributed by atoms with Gasteiger partial charge in [-0.05, 0) is 56.4 Å². The van der Waals surface area contributed by atoms with Crippen LogP contribution >= 0.6 is 0 Å². The van der Waals surface area contributed by atoms with Gasteiger partial charge in [0.25, 0.3) is 0 Å². The first kappa shape index (κ1) is 21.1. The minimum absolute atomic E-state index is 0.266. The van der Waals surface area contributed by atoms with Gasteiger partial charge in [-0.25, -0.2) is 9.78 Å². The number of carbonyl (C=O) groups is 1. The highest BCUT2D eigenvalue weighted by atomic mass is 16.6. The third-order valence-electron chi connectivity index (χ3n) is 5.80. The number of hydrogen-bond acceptors (Lipinski definition) is 4. The van der Waals surface area contributed by atoms with E-state index in [1.807, 2.05) is 33.0 Å². The number of H-pyrrole nitrogens is 1. The quantitative estimate of drug-likeness (QED) is 0.382. The SMILES string of the molecule is CC(C)(C)OC(=O)N1CC=C(c2cc3c(Nc4cccc5ccccc45)ccnc3[nH]2)CC1. The molecule has 2 aromatic heterocycles. The summed E-state index contributed by atoms with van der Waals surface area (Å²) >= 11 is 0. The first-order chi connectivity index (χ1) is 15.9. The molecule has 0 spiro atoms. The molecule has 0 unspecified atom stereocenters. The highest BCUT2D eigenvalue weighted by Crippen LogP contribution is 2.32. The van der Waals surface area contributed by atoms with E-state index < -0.39 is 5.60 Å². The number of ether oxygens (including phenoxy) is 1. The van der Waals surface area contributed by atoms with E-state index in [-0.39, 0.29) is 6.09 Å². The zero-order chi connectivity index (χ0) is 23.0. The number of amides is 1. The smallest absolute Gasteiger partial charge is 0.410 e. The first-order valence-electron chi connectivity index (χ1n) is 11.3. The summed E-state index contributed by atoms with van der Waals surface area (Å²) in [6, 6.07) is 18.8. The largest absolute Gasteiger partial charge is 0.444 e. The number of nitrogens with zero attached hydrogens (tertiary/aromatic N) is 2. The van der Waals surface area contributed by atoms with E-state index in [0.717, 1.165) is 34.5 Å². The van der Waals surface area contributed by atoms with Crippen LogP contribution in [0, 0.1) is 0 Å². The monoisotopic (exact) mass is 440 g/mol. The van der Waals surface area contributed by atoms with Gasteiger partial charge < -0.3 is 19.9 Å². The van der Waals surface area contributed by atoms with Crippen LogP contribution in [0.4, 0.5) is 16.2 Å². The second-order valence-corrected chi connectivity index (χ2v) is 9.36. The maximum absolute atomic E-state index is 12.4. The molecule has 0 atom stereocenters. The summed E-state index contributed by atoms with van der Waals surface area (Å²) < 4.78 is 5.50. The van der Waals surface area contributed by atoms with Gasteiger partial charge in [0.15, 0.2) is 0 Å². The highest BCUT2D eigenvalue weighted by molar-refractivity contribution is 6.00. The topological polar surface area (TPSA) is 70.2 Å². The van der Waals surface area contributed by atoms with Crippen LogP contribution in [0.2, 0.25) is 0 Å². The minimum Gasteiger partial charge on any atom is -0.444 e. The van der Waals surface area contributed by atoms with Crippen LogP contribution in [0.3, 0.4) is 0 Å². The van der Waals surface area contributed by atoms with Gasteiger partial charge in [-0.1, -0.05) is 42.5 Å². The molecule has 0 radical (unpaired) electrons. The zero-order valence-electron chi connectivity index (χ0n) is 19.2. The van der Waals surface area contributed by atoms with Crippen molar-refractivity contribution in [2.24, 2.45) is 0 Å². The van der Waals surface area contributed by atoms with Gasteiger partial charge in [-0.2, -0.15) is 0 Å². The number of nitrogens with one attached hydrogen (secondary N) is 2. The molecule has 1 aliphatic rings. The molecular formula is C27H28N4O2. The normalized spacial score (nSPS) is 14.4. The van der Waals surface area contributed by atoms with Gasteiger partial charge in [-0.15, -0.1) is 0 Å². The predicted octanol–water partition coefficient (Wildman–Crippen LogP) is 6.48. The van der Waals surface area contributed by atoms with Crippen molar-refractivity contribution in [3.05, 3.63) is 72.6 Å². The molecule has 2 N–H and O–H groups in total. The van der Waals surface area contributed by atoms with Crippen molar-refractivity contribution < 1.29 is 9.53 Å². The number of pyridine rings is 1. The fourth-order valence-corrected chi connectivity index (χ4v) is 4.19. The third kappa shape index (κ3) is 4.42. The van der Waals surface area contributed by atoms with Crippen molar-refractivity contribution in [1.82, 2.24) is 14.9 Å². The molecule has 0 fully saturated rings. The highest BCUT2D eigenvalue weighted by Gasteiger charge is 2.24. The molecule has 3 heterocycles. The average Bonchev–Trinajstić information content (AvgIpc) is 3.24. The maximum atomic E-state index is 12.4. The summed E-state index contributed by atoms with van der Waals surface area (Å²) in [4.78, 5) is 22.1. The number of aromatic amines is 1. The van der Waals surface area contributed by atoms with Crippen LogP contribution in [-0.4, -0.2) is 39.7 Å². The number of fused-ring (bicyclic) bond motifs is 2. The standard InChI is InChI=1S/C27H28N4O2/c1-27(2,3)33-26(32)31-15-12-19(13-16-31)24-17-21-23(11-14-28-25(21)30-24)29-22-10-6-8-18-7-4-5-9-20(18)22/h4-12,14,17H,13,15-16H2,1-3H3,(H2,28,29,30). The maximum Gasteiger partial charge on any atom is 0.410 e. The number of carbonyl (C=O) groups excluding carboxylic acids is 1. The fraction of sp³-hybridized carbons (Fsp3) is 0.259. The minimum atomic E-state index is -0.489. The summed E-state index contributed by atoms with van der Waals surface area (Å²) in [5.74, 6) is 0. The van der Waals surface area contributed by atoms with E-state index in [1.165, 1.54) is 16.3 Å². The van der Waals surface area contributed by atoms with Crippen LogP contribution in [0.25, 0.3) is 27.4 Å². The lowest BCUT2D eigenvalue weighted by molar-refractivity contribution is 0.0270. The van der Waals surface area contributed by atoms with E-state index in [1.54, 1.807) is 4.90 Å². The average molecular weight is 441 g/mol. The van der Waals surface area contributed by atoms with Crippen molar-refractivity contribution in [1.29, 1.82) is 0 Å². The molecule has 0 saturated heterocycles. The second kappa shape index (κ2) is 8.28. The molecule has 4 aromatic rings. The lowest BCUT2D eigenvalue weighted by Crippen LogP contribution is -2.39. The molecule has 0 bridgehead atoms. The van der Waals surface area contributed by atoms with E-state index in [4.69, 9.17) is 4.74 Å². The number of benzene rings is 2. The number of rotatable bonds is 3. The van der Waals surface area contributed by atoms with Gasteiger partial charge in [-0.3, -0.25) is 0 Å². The summed E-state index contributed by atoms with van der Waals surface area (Å²) in [7, 11) is 0. The van der Waals surface area contributed by atoms with E-state index in [9.17, 15) is 4.79 Å². The van der Waals surface area contributed by atoms with Crippen molar-refractivity contribution >= 4 is 44.8 Å². The molecule has 2 aromatic carbocycles. The van der Waals surface area contributed by atoms with Crippen LogP contribution in [0.1, 0.15) is 32.9 Å². The van der Waals surface area contributed by atoms with E-state index >= 15 is 0 Å². The Bertz CT molecular complexity index is 1360. The van der Waals surface area contributed by atoms with Gasteiger partial charge in [0.1, 0.15) is 11.2 Å². The Morgan fingerprint density at radius 1 is 1.06 bits per heavy atom. The predicted molar refractivity (Wildman–Crippen MR) is 134 cm³/mol. The second-order valence-electron chi connectivity index (χ2n) is 9.36. The Balaban J connectivity index is 1.40. The molecule has 33 heavy (non-hydrogen) atoms. The van der Waals surface area contributed by atoms with Gasteiger partial charge in [0.2, 0.25) is 0 Å². The van der Waals surface area contributed by atoms with Gasteiger partial charge in [0.05, 0.1) is 5.69 Å². The Morgan fingerprint density at radius 3 is 2.64 bits per heavy atom. The lowest BCUT2D eigenvalue weighted by atomic mass is 10.0. The number of hydrogen-bond donors (Lipinski definition) is 2. The Labute approximate surface area is 193 Å². The molecule has 6 heteroatoms. The summed E-state index contributed by atoms with van der Waals surface area (Å²) in [6.45, 7) is 6.82. The molecule has 0 aliphatic carbocycles. The van der Waals surface area contributed by atoms with Crippen molar-refractivity contribution in [2.45, 2.75) is 32.8 Å². The molecule has 0 saturated carbocycles.